The van der Waals surface area contributed by atoms with Gasteiger partial charge in [-0.25, -0.2) is 4.98 Å². The van der Waals surface area contributed by atoms with E-state index in [1.54, 1.807) is 6.92 Å². The second-order valence-corrected chi connectivity index (χ2v) is 5.77. The summed E-state index contributed by atoms with van der Waals surface area (Å²) in [7, 11) is 0. The minimum Gasteiger partial charge on any atom is -0.343 e. The third kappa shape index (κ3) is 3.56. The lowest BCUT2D eigenvalue weighted by molar-refractivity contribution is -0.385. The van der Waals surface area contributed by atoms with E-state index in [-0.39, 0.29) is 22.3 Å². The summed E-state index contributed by atoms with van der Waals surface area (Å²) in [5, 5.41) is 16.5. The molecule has 0 radical (unpaired) electrons. The minimum absolute atomic E-state index is 0.0624. The lowest BCUT2D eigenvalue weighted by atomic mass is 10.1. The van der Waals surface area contributed by atoms with E-state index >= 15 is 0 Å². The Balaban J connectivity index is 2.24. The number of amides is 1. The zero-order valence-corrected chi connectivity index (χ0v) is 12.9. The van der Waals surface area contributed by atoms with Gasteiger partial charge >= 0.3 is 0 Å². The molecule has 1 heterocycles. The van der Waals surface area contributed by atoms with Crippen LogP contribution in [0.15, 0.2) is 23.6 Å². The molecule has 1 unspecified atom stereocenters. The highest BCUT2D eigenvalue weighted by Crippen LogP contribution is 2.24. The maximum Gasteiger partial charge on any atom is 0.282 e. The van der Waals surface area contributed by atoms with Crippen molar-refractivity contribution < 1.29 is 9.72 Å². The number of thiazole rings is 1. The van der Waals surface area contributed by atoms with Gasteiger partial charge in [0.1, 0.15) is 10.6 Å². The largest absolute Gasteiger partial charge is 0.343 e. The van der Waals surface area contributed by atoms with Crippen LogP contribution < -0.4 is 5.32 Å². The monoisotopic (exact) mass is 325 g/mol. The molecule has 1 aromatic carbocycles. The van der Waals surface area contributed by atoms with E-state index in [4.69, 9.17) is 11.6 Å². The molecule has 1 N–H and O–H groups in total. The van der Waals surface area contributed by atoms with E-state index in [0.29, 0.717) is 0 Å². The fourth-order valence-corrected chi connectivity index (χ4v) is 2.73. The smallest absolute Gasteiger partial charge is 0.282 e. The molecule has 0 aliphatic carbocycles. The average Bonchev–Trinajstić information content (AvgIpc) is 2.85. The summed E-state index contributed by atoms with van der Waals surface area (Å²) in [5.41, 5.74) is 0.525. The molecule has 1 aromatic heterocycles. The van der Waals surface area contributed by atoms with Crippen LogP contribution in [0.1, 0.15) is 34.0 Å². The second-order valence-electron chi connectivity index (χ2n) is 4.44. The summed E-state index contributed by atoms with van der Waals surface area (Å²) in [6.07, 6.45) is 0. The molecule has 0 saturated heterocycles. The van der Waals surface area contributed by atoms with Crippen LogP contribution in [0.25, 0.3) is 0 Å². The van der Waals surface area contributed by atoms with Gasteiger partial charge in [-0.05, 0) is 26.0 Å². The zero-order chi connectivity index (χ0) is 15.6. The Morgan fingerprint density at radius 2 is 2.24 bits per heavy atom. The molecule has 0 aliphatic heterocycles. The zero-order valence-electron chi connectivity index (χ0n) is 11.3. The molecule has 2 rings (SSSR count). The Morgan fingerprint density at radius 1 is 1.52 bits per heavy atom. The van der Waals surface area contributed by atoms with Gasteiger partial charge in [-0.1, -0.05) is 11.6 Å². The fourth-order valence-electron chi connectivity index (χ4n) is 1.76. The summed E-state index contributed by atoms with van der Waals surface area (Å²) in [5.74, 6) is -0.551. The topological polar surface area (TPSA) is 85.1 Å². The van der Waals surface area contributed by atoms with Crippen LogP contribution in [-0.2, 0) is 0 Å². The van der Waals surface area contributed by atoms with Gasteiger partial charge in [-0.15, -0.1) is 11.3 Å². The highest BCUT2D eigenvalue weighted by Gasteiger charge is 2.22. The number of nitro groups is 1. The molecule has 0 bridgehead atoms. The van der Waals surface area contributed by atoms with Gasteiger partial charge in [-0.2, -0.15) is 0 Å². The number of aromatic nitrogens is 1. The Morgan fingerprint density at radius 3 is 2.81 bits per heavy atom. The number of hydrogen-bond acceptors (Lipinski definition) is 5. The lowest BCUT2D eigenvalue weighted by Gasteiger charge is -2.11. The molecule has 0 spiro atoms. The average molecular weight is 326 g/mol. The van der Waals surface area contributed by atoms with Crippen molar-refractivity contribution in [3.63, 3.8) is 0 Å². The highest BCUT2D eigenvalue weighted by atomic mass is 35.5. The number of benzene rings is 1. The quantitative estimate of drug-likeness (QED) is 0.688. The van der Waals surface area contributed by atoms with Crippen molar-refractivity contribution in [1.29, 1.82) is 0 Å². The van der Waals surface area contributed by atoms with Crippen molar-refractivity contribution in [1.82, 2.24) is 10.3 Å². The highest BCUT2D eigenvalue weighted by molar-refractivity contribution is 7.09. The summed E-state index contributed by atoms with van der Waals surface area (Å²) in [6.45, 7) is 3.63. The van der Waals surface area contributed by atoms with Gasteiger partial charge in [0, 0.05) is 22.2 Å². The second kappa shape index (κ2) is 6.19. The Bertz CT molecular complexity index is 702. The van der Waals surface area contributed by atoms with Gasteiger partial charge in [0.05, 0.1) is 11.0 Å². The van der Waals surface area contributed by atoms with Crippen LogP contribution in [0.4, 0.5) is 5.69 Å². The molecule has 2 aromatic rings. The van der Waals surface area contributed by atoms with Crippen LogP contribution in [0.3, 0.4) is 0 Å². The van der Waals surface area contributed by atoms with Crippen LogP contribution in [0.2, 0.25) is 5.02 Å². The summed E-state index contributed by atoms with van der Waals surface area (Å²) in [4.78, 5) is 26.9. The van der Waals surface area contributed by atoms with E-state index in [1.165, 1.54) is 29.5 Å². The maximum absolute atomic E-state index is 12.2. The van der Waals surface area contributed by atoms with Crippen LogP contribution >= 0.6 is 22.9 Å². The number of halogens is 1. The first kappa shape index (κ1) is 15.4. The van der Waals surface area contributed by atoms with Crippen LogP contribution in [0, 0.1) is 17.0 Å². The number of carbonyl (C=O) groups excluding carboxylic acids is 1. The van der Waals surface area contributed by atoms with Crippen molar-refractivity contribution in [3.8, 4) is 0 Å². The van der Waals surface area contributed by atoms with Crippen LogP contribution in [0.5, 0.6) is 0 Å². The number of nitrogens with zero attached hydrogens (tertiary/aromatic N) is 2. The van der Waals surface area contributed by atoms with Crippen molar-refractivity contribution in [3.05, 3.63) is 55.0 Å². The minimum atomic E-state index is -0.608. The van der Waals surface area contributed by atoms with Crippen molar-refractivity contribution in [2.75, 3.05) is 0 Å². The SMILES string of the molecule is Cc1csc(C(C)NC(=O)c2cc(Cl)ccc2[N+](=O)[O-])n1. The molecule has 0 saturated carbocycles. The van der Waals surface area contributed by atoms with Gasteiger partial charge in [0.2, 0.25) is 0 Å². The number of aryl methyl sites for hydroxylation is 1. The molecule has 0 fully saturated rings. The first-order chi connectivity index (χ1) is 9.88. The van der Waals surface area contributed by atoms with Crippen molar-refractivity contribution in [2.45, 2.75) is 19.9 Å². The fraction of sp³-hybridized carbons (Fsp3) is 0.231. The molecular formula is C13H12ClN3O3S. The number of nitrogens with one attached hydrogen (secondary N) is 1. The third-order valence-electron chi connectivity index (χ3n) is 2.75. The van der Waals surface area contributed by atoms with Gasteiger partial charge < -0.3 is 5.32 Å². The van der Waals surface area contributed by atoms with Crippen molar-refractivity contribution in [2.24, 2.45) is 0 Å². The van der Waals surface area contributed by atoms with E-state index in [1.807, 2.05) is 12.3 Å². The first-order valence-electron chi connectivity index (χ1n) is 6.05. The molecule has 1 atom stereocenters. The van der Waals surface area contributed by atoms with E-state index < -0.39 is 10.8 Å². The Hall–Kier alpha value is -1.99. The standard InChI is InChI=1S/C13H12ClN3O3S/c1-7-6-21-13(15-7)8(2)16-12(18)10-5-9(14)3-4-11(10)17(19)20/h3-6,8H,1-2H3,(H,16,18). The molecule has 8 heteroatoms. The molecule has 21 heavy (non-hydrogen) atoms. The molecule has 1 amide bonds. The third-order valence-corrected chi connectivity index (χ3v) is 4.14. The Kier molecular flexibility index (Phi) is 4.54. The summed E-state index contributed by atoms with van der Waals surface area (Å²) < 4.78 is 0. The number of nitro benzene ring substituents is 1. The van der Waals surface area contributed by atoms with E-state index in [9.17, 15) is 14.9 Å². The summed E-state index contributed by atoms with van der Waals surface area (Å²) >= 11 is 7.23. The predicted molar refractivity (Wildman–Crippen MR) is 80.8 cm³/mol. The van der Waals surface area contributed by atoms with Gasteiger partial charge in [-0.3, -0.25) is 14.9 Å². The van der Waals surface area contributed by atoms with Crippen LogP contribution in [-0.4, -0.2) is 15.8 Å². The Labute approximate surface area is 129 Å². The first-order valence-corrected chi connectivity index (χ1v) is 7.31. The number of rotatable bonds is 4. The number of hydrogen-bond donors (Lipinski definition) is 1. The number of carbonyl (C=O) groups is 1. The molecule has 6 nitrogen and oxygen atoms in total. The molecule has 110 valence electrons. The van der Waals surface area contributed by atoms with Gasteiger partial charge in [0.15, 0.2) is 0 Å². The van der Waals surface area contributed by atoms with E-state index in [2.05, 4.69) is 10.3 Å². The normalized spacial score (nSPS) is 12.0. The lowest BCUT2D eigenvalue weighted by Crippen LogP contribution is -2.27. The maximum atomic E-state index is 12.2. The van der Waals surface area contributed by atoms with Crippen molar-refractivity contribution >= 4 is 34.5 Å². The molecular weight excluding hydrogens is 314 g/mol. The van der Waals surface area contributed by atoms with Gasteiger partial charge in [0.25, 0.3) is 11.6 Å². The van der Waals surface area contributed by atoms with E-state index in [0.717, 1.165) is 10.7 Å². The predicted octanol–water partition coefficient (Wildman–Crippen LogP) is 3.50. The summed E-state index contributed by atoms with van der Waals surface area (Å²) in [6, 6.07) is 3.55. The molecule has 0 aliphatic rings.